The zero-order valence-corrected chi connectivity index (χ0v) is 31.9. The second-order valence-corrected chi connectivity index (χ2v) is 14.7. The molecule has 0 aromatic heterocycles. The Morgan fingerprint density at radius 2 is 1.10 bits per heavy atom. The molecule has 0 aromatic carbocycles. The predicted molar refractivity (Wildman–Crippen MR) is 195 cm³/mol. The van der Waals surface area contributed by atoms with E-state index in [4.69, 9.17) is 0 Å². The minimum absolute atomic E-state index is 0.00264. The average molecular weight is 767 g/mol. The number of nitrogens with one attached hydrogen (secondary N) is 6. The molecule has 0 fully saturated rings. The van der Waals surface area contributed by atoms with Crippen LogP contribution < -0.4 is 31.9 Å². The summed E-state index contributed by atoms with van der Waals surface area (Å²) in [5.74, 6) is -4.25. The molecule has 0 aliphatic carbocycles. The van der Waals surface area contributed by atoms with E-state index in [0.29, 0.717) is 12.3 Å². The highest BCUT2D eigenvalue weighted by Gasteiger charge is 2.28. The van der Waals surface area contributed by atoms with Crippen molar-refractivity contribution in [2.24, 2.45) is 5.92 Å². The number of carbonyl (C=O) groups is 7. The second-order valence-electron chi connectivity index (χ2n) is 12.6. The molecule has 0 spiro atoms. The van der Waals surface area contributed by atoms with E-state index in [1.807, 2.05) is 34.6 Å². The number of carboxylic acid groups (broad SMARTS) is 2. The van der Waals surface area contributed by atoms with Gasteiger partial charge in [-0.05, 0) is 38.5 Å². The Bertz CT molecular complexity index is 1130. The van der Waals surface area contributed by atoms with Gasteiger partial charge in [-0.15, -0.1) is 23.5 Å². The third kappa shape index (κ3) is 23.1. The number of amides is 5. The van der Waals surface area contributed by atoms with Gasteiger partial charge in [0, 0.05) is 56.1 Å². The van der Waals surface area contributed by atoms with Crippen LogP contribution >= 0.6 is 23.5 Å². The van der Waals surface area contributed by atoms with Crippen LogP contribution in [0.2, 0.25) is 0 Å². The van der Waals surface area contributed by atoms with Gasteiger partial charge < -0.3 is 47.0 Å². The van der Waals surface area contributed by atoms with E-state index in [9.17, 15) is 54.0 Å². The molecular weight excluding hydrogens is 709 g/mol. The third-order valence-corrected chi connectivity index (χ3v) is 9.89. The molecular formula is C32H58N6O11S2. The van der Waals surface area contributed by atoms with E-state index < -0.39 is 54.0 Å². The lowest BCUT2D eigenvalue weighted by molar-refractivity contribution is -0.141. The first-order chi connectivity index (χ1) is 23.9. The van der Waals surface area contributed by atoms with Crippen molar-refractivity contribution in [3.63, 3.8) is 0 Å². The first kappa shape index (κ1) is 47.9. The number of hydrogen-bond acceptors (Lipinski definition) is 12. The molecule has 0 saturated heterocycles. The third-order valence-electron chi connectivity index (χ3n) is 7.81. The molecule has 0 heterocycles. The Morgan fingerprint density at radius 1 is 0.647 bits per heavy atom. The van der Waals surface area contributed by atoms with Gasteiger partial charge in [-0.1, -0.05) is 27.7 Å². The number of aliphatic hydroxyl groups is 2. The molecule has 4 atom stereocenters. The number of thioether (sulfide) groups is 2. The van der Waals surface area contributed by atoms with Crippen molar-refractivity contribution < 1.29 is 54.0 Å². The van der Waals surface area contributed by atoms with Crippen LogP contribution in [0.25, 0.3) is 0 Å². The zero-order valence-electron chi connectivity index (χ0n) is 30.2. The van der Waals surface area contributed by atoms with Gasteiger partial charge in [0.05, 0.1) is 17.6 Å². The Kier molecular flexibility index (Phi) is 25.0. The fourth-order valence-corrected chi connectivity index (χ4v) is 5.88. The number of rotatable bonds is 29. The van der Waals surface area contributed by atoms with Gasteiger partial charge in [0.1, 0.15) is 12.1 Å². The second kappa shape index (κ2) is 26.6. The SMILES string of the molecule is CCC(C)(CC)NC(CSCC(=O)NCCNC(=O)CC[C@@H](O)[C@H](O)C(=O)NCCNC(=O)CSCC(NC(=O)CCC(C)C)C(=O)O)C(=O)O. The maximum Gasteiger partial charge on any atom is 0.327 e. The minimum Gasteiger partial charge on any atom is -0.480 e. The largest absolute Gasteiger partial charge is 0.480 e. The Balaban J connectivity index is 4.19. The quantitative estimate of drug-likeness (QED) is 0.0412. The normalized spacial score (nSPS) is 13.7. The van der Waals surface area contributed by atoms with E-state index in [1.165, 1.54) is 11.8 Å². The maximum absolute atomic E-state index is 12.2. The highest BCUT2D eigenvalue weighted by Crippen LogP contribution is 2.16. The Labute approximate surface area is 308 Å². The van der Waals surface area contributed by atoms with Crippen LogP contribution in [0.4, 0.5) is 0 Å². The molecule has 5 amide bonds. The summed E-state index contributed by atoms with van der Waals surface area (Å²) in [7, 11) is 0. The van der Waals surface area contributed by atoms with Crippen LogP contribution in [0.15, 0.2) is 0 Å². The van der Waals surface area contributed by atoms with Crippen LogP contribution in [0.5, 0.6) is 0 Å². The molecule has 51 heavy (non-hydrogen) atoms. The summed E-state index contributed by atoms with van der Waals surface area (Å²) in [6.45, 7) is 9.95. The number of aliphatic carboxylic acids is 2. The minimum atomic E-state index is -1.82. The van der Waals surface area contributed by atoms with Crippen LogP contribution in [0, 0.1) is 5.92 Å². The molecule has 294 valence electrons. The number of hydrogen-bond donors (Lipinski definition) is 10. The summed E-state index contributed by atoms with van der Waals surface area (Å²) in [6, 6.07) is -1.94. The Morgan fingerprint density at radius 3 is 1.57 bits per heavy atom. The van der Waals surface area contributed by atoms with Crippen LogP contribution in [0.3, 0.4) is 0 Å². The van der Waals surface area contributed by atoms with E-state index in [2.05, 4.69) is 31.9 Å². The van der Waals surface area contributed by atoms with Crippen molar-refractivity contribution in [1.82, 2.24) is 31.9 Å². The van der Waals surface area contributed by atoms with Gasteiger partial charge in [-0.2, -0.15) is 0 Å². The molecule has 0 aromatic rings. The topological polar surface area (TPSA) is 273 Å². The molecule has 19 heteroatoms. The summed E-state index contributed by atoms with van der Waals surface area (Å²) in [6.07, 6.45) is -1.43. The average Bonchev–Trinajstić information content (AvgIpc) is 3.08. The van der Waals surface area contributed by atoms with E-state index in [-0.39, 0.29) is 85.8 Å². The molecule has 0 radical (unpaired) electrons. The lowest BCUT2D eigenvalue weighted by atomic mass is 9.94. The first-order valence-corrected chi connectivity index (χ1v) is 19.4. The predicted octanol–water partition coefficient (Wildman–Crippen LogP) is -0.953. The molecule has 10 N–H and O–H groups in total. The van der Waals surface area contributed by atoms with Gasteiger partial charge in [-0.3, -0.25) is 34.1 Å². The lowest BCUT2D eigenvalue weighted by Crippen LogP contribution is -2.52. The smallest absolute Gasteiger partial charge is 0.327 e. The van der Waals surface area contributed by atoms with Crippen molar-refractivity contribution in [3.8, 4) is 0 Å². The highest BCUT2D eigenvalue weighted by molar-refractivity contribution is 8.00. The van der Waals surface area contributed by atoms with Crippen molar-refractivity contribution in [2.75, 3.05) is 49.2 Å². The first-order valence-electron chi connectivity index (χ1n) is 17.1. The van der Waals surface area contributed by atoms with Gasteiger partial charge in [0.15, 0.2) is 6.10 Å². The summed E-state index contributed by atoms with van der Waals surface area (Å²) in [4.78, 5) is 83.4. The molecule has 0 aliphatic rings. The van der Waals surface area contributed by atoms with Crippen molar-refractivity contribution >= 4 is 65.0 Å². The fourth-order valence-electron chi connectivity index (χ4n) is 4.15. The lowest BCUT2D eigenvalue weighted by Gasteiger charge is -2.31. The van der Waals surface area contributed by atoms with Crippen molar-refractivity contribution in [3.05, 3.63) is 0 Å². The molecule has 17 nitrogen and oxygen atoms in total. The monoisotopic (exact) mass is 766 g/mol. The van der Waals surface area contributed by atoms with Crippen LogP contribution in [-0.2, 0) is 33.6 Å². The van der Waals surface area contributed by atoms with Gasteiger partial charge in [0.25, 0.3) is 5.91 Å². The van der Waals surface area contributed by atoms with Gasteiger partial charge in [-0.25, -0.2) is 4.79 Å². The summed E-state index contributed by atoms with van der Waals surface area (Å²) >= 11 is 2.20. The zero-order chi connectivity index (χ0) is 39.0. The van der Waals surface area contributed by atoms with Gasteiger partial charge >= 0.3 is 11.9 Å². The standard InChI is InChI=1S/C32H58N6O11S2/c1-6-32(5,7-2)38-22(31(48)49)17-51-19-27(43)34-13-12-33-24(40)11-9-23(39)28(44)29(45)36-15-14-35-26(42)18-50-16-21(30(46)47)37-25(41)10-8-20(3)4/h20-23,28,38-39,44H,6-19H2,1-5H3,(H,33,40)(H,34,43)(H,35,42)(H,36,45)(H,37,41)(H,46,47)(H,48,49)/t21?,22?,23-,28+/m1/s1. The Hall–Kier alpha value is -3.13. The number of carboxylic acids is 2. The van der Waals surface area contributed by atoms with E-state index >= 15 is 0 Å². The molecule has 0 bridgehead atoms. The van der Waals surface area contributed by atoms with Crippen molar-refractivity contribution in [1.29, 1.82) is 0 Å². The van der Waals surface area contributed by atoms with Gasteiger partial charge in [0.2, 0.25) is 23.6 Å². The highest BCUT2D eigenvalue weighted by atomic mass is 32.2. The summed E-state index contributed by atoms with van der Waals surface area (Å²) in [5.41, 5.74) is -0.318. The summed E-state index contributed by atoms with van der Waals surface area (Å²) < 4.78 is 0. The number of aliphatic hydroxyl groups excluding tert-OH is 2. The van der Waals surface area contributed by atoms with Crippen molar-refractivity contribution in [2.45, 2.75) is 103 Å². The fraction of sp³-hybridized carbons (Fsp3) is 0.781. The van der Waals surface area contributed by atoms with Crippen LogP contribution in [0.1, 0.15) is 73.1 Å². The number of carbonyl (C=O) groups excluding carboxylic acids is 5. The van der Waals surface area contributed by atoms with E-state index in [0.717, 1.165) is 24.6 Å². The van der Waals surface area contributed by atoms with E-state index in [1.54, 1.807) is 0 Å². The molecule has 0 saturated carbocycles. The van der Waals surface area contributed by atoms with Crippen LogP contribution in [-0.4, -0.2) is 141 Å². The molecule has 0 rings (SSSR count). The maximum atomic E-state index is 12.2. The molecule has 0 aliphatic heterocycles. The molecule has 2 unspecified atom stereocenters. The summed E-state index contributed by atoms with van der Waals surface area (Å²) in [5, 5.41) is 54.7.